The molecule has 0 spiro atoms. The molecule has 0 amide bonds. The van der Waals surface area contributed by atoms with Crippen molar-refractivity contribution in [2.24, 2.45) is 5.92 Å². The molecule has 3 atom stereocenters. The van der Waals surface area contributed by atoms with Crippen LogP contribution in [0, 0.1) is 26.7 Å². The molecule has 2 aliphatic rings. The number of carbonyl (C=O) groups excluding carboxylic acids is 1. The number of likely N-dealkylation sites (tertiary alicyclic amines) is 1. The highest BCUT2D eigenvalue weighted by Crippen LogP contribution is 2.52. The number of nitrogens with one attached hydrogen (secondary N) is 1. The molecule has 4 aromatic rings. The highest BCUT2D eigenvalue weighted by atomic mass is 32.1. The molecule has 0 radical (unpaired) electrons. The molecule has 2 fully saturated rings. The Hall–Kier alpha value is -2.51. The summed E-state index contributed by atoms with van der Waals surface area (Å²) in [7, 11) is 0. The number of hydrogen-bond donors (Lipinski definition) is 1. The van der Waals surface area contributed by atoms with E-state index in [1.807, 2.05) is 22.8 Å². The van der Waals surface area contributed by atoms with Crippen molar-refractivity contribution in [3.63, 3.8) is 0 Å². The van der Waals surface area contributed by atoms with Crippen molar-refractivity contribution in [2.75, 3.05) is 13.1 Å². The minimum absolute atomic E-state index is 0.285. The minimum Gasteiger partial charge on any atom is -0.346 e. The molecular weight excluding hydrogens is 442 g/mol. The van der Waals surface area contributed by atoms with E-state index in [4.69, 9.17) is 0 Å². The average Bonchev–Trinajstić information content (AvgIpc) is 3.53. The lowest BCUT2D eigenvalue weighted by molar-refractivity contribution is -0.118. The van der Waals surface area contributed by atoms with Crippen LogP contribution in [0.25, 0.3) is 27.1 Å². The van der Waals surface area contributed by atoms with Crippen molar-refractivity contribution < 1.29 is 4.79 Å². The zero-order valence-electron chi connectivity index (χ0n) is 20.9. The van der Waals surface area contributed by atoms with Gasteiger partial charge >= 0.3 is 0 Å². The molecule has 7 heteroatoms. The predicted octanol–water partition coefficient (Wildman–Crippen LogP) is 5.75. The van der Waals surface area contributed by atoms with Crippen LogP contribution in [0.2, 0.25) is 0 Å². The number of Topliss-reactive ketones (excluding diaryl/α,β-unsaturated/α-hetero) is 1. The number of hydrogen-bond acceptors (Lipinski definition) is 5. The Balaban J connectivity index is 1.41. The molecule has 2 bridgehead atoms. The first-order valence-electron chi connectivity index (χ1n) is 12.4. The standard InChI is InChI=1S/C27H33N5OS/c1-13(2)22-23-16(5)25(21-9-20-8-18(21)11-31(20)10-15(4)33)34-27(23)29-24(22)19-7-14(3)26-28-17(6)30-32(26)12-19/h7,12-13,18,20-21,29H,8-11H2,1-6H3/t18-,20?,21+/m0/s1. The summed E-state index contributed by atoms with van der Waals surface area (Å²) < 4.78 is 1.92. The van der Waals surface area contributed by atoms with Crippen molar-refractivity contribution in [2.45, 2.75) is 72.3 Å². The van der Waals surface area contributed by atoms with Crippen LogP contribution in [0.3, 0.4) is 0 Å². The molecule has 5 heterocycles. The molecule has 34 heavy (non-hydrogen) atoms. The van der Waals surface area contributed by atoms with Gasteiger partial charge in [0.15, 0.2) is 5.65 Å². The topological polar surface area (TPSA) is 66.3 Å². The van der Waals surface area contributed by atoms with Gasteiger partial charge in [0, 0.05) is 34.6 Å². The number of piperidine rings is 1. The van der Waals surface area contributed by atoms with E-state index in [0.717, 1.165) is 23.6 Å². The Morgan fingerprint density at radius 1 is 1.26 bits per heavy atom. The van der Waals surface area contributed by atoms with Crippen molar-refractivity contribution in [1.29, 1.82) is 0 Å². The van der Waals surface area contributed by atoms with Crippen LogP contribution in [-0.2, 0) is 4.79 Å². The summed E-state index contributed by atoms with van der Waals surface area (Å²) in [5, 5.41) is 5.99. The van der Waals surface area contributed by atoms with Crippen LogP contribution in [0.4, 0.5) is 0 Å². The third-order valence-electron chi connectivity index (χ3n) is 7.97. The van der Waals surface area contributed by atoms with E-state index in [-0.39, 0.29) is 5.78 Å². The van der Waals surface area contributed by atoms with E-state index in [1.165, 1.54) is 45.4 Å². The summed E-state index contributed by atoms with van der Waals surface area (Å²) in [6.45, 7) is 14.4. The third kappa shape index (κ3) is 3.28. The largest absolute Gasteiger partial charge is 0.346 e. The molecule has 1 aliphatic carbocycles. The molecule has 1 saturated heterocycles. The summed E-state index contributed by atoms with van der Waals surface area (Å²) in [6, 6.07) is 2.81. The van der Waals surface area contributed by atoms with Gasteiger partial charge in [-0.05, 0) is 81.0 Å². The molecule has 1 saturated carbocycles. The normalized spacial score (nSPS) is 22.7. The summed E-state index contributed by atoms with van der Waals surface area (Å²) in [5.74, 6) is 2.79. The van der Waals surface area contributed by atoms with Crippen molar-refractivity contribution in [3.05, 3.63) is 39.7 Å². The van der Waals surface area contributed by atoms with Crippen molar-refractivity contribution >= 4 is 33.0 Å². The summed E-state index contributed by atoms with van der Waals surface area (Å²) >= 11 is 1.96. The van der Waals surface area contributed by atoms with Gasteiger partial charge in [0.25, 0.3) is 0 Å². The summed E-state index contributed by atoms with van der Waals surface area (Å²) in [5.41, 5.74) is 7.31. The van der Waals surface area contributed by atoms with Crippen LogP contribution in [-0.4, -0.2) is 49.4 Å². The van der Waals surface area contributed by atoms with Gasteiger partial charge in [0.05, 0.1) is 12.2 Å². The number of nitrogens with zero attached hydrogens (tertiary/aromatic N) is 4. The van der Waals surface area contributed by atoms with E-state index in [0.29, 0.717) is 30.3 Å². The maximum Gasteiger partial charge on any atom is 0.158 e. The van der Waals surface area contributed by atoms with Gasteiger partial charge < -0.3 is 4.98 Å². The number of aryl methyl sites for hydroxylation is 3. The number of pyridine rings is 1. The van der Waals surface area contributed by atoms with Crippen molar-refractivity contribution in [1.82, 2.24) is 24.5 Å². The molecule has 6 rings (SSSR count). The highest BCUT2D eigenvalue weighted by Gasteiger charge is 2.46. The zero-order chi connectivity index (χ0) is 23.9. The quantitative estimate of drug-likeness (QED) is 0.399. The second-order valence-electron chi connectivity index (χ2n) is 10.8. The number of ketones is 1. The van der Waals surface area contributed by atoms with Gasteiger partial charge in [0.1, 0.15) is 16.4 Å². The Morgan fingerprint density at radius 2 is 2.06 bits per heavy atom. The maximum atomic E-state index is 11.7. The maximum absolute atomic E-state index is 11.7. The van der Waals surface area contributed by atoms with E-state index in [9.17, 15) is 4.79 Å². The highest BCUT2D eigenvalue weighted by molar-refractivity contribution is 7.19. The van der Waals surface area contributed by atoms with Gasteiger partial charge in [-0.1, -0.05) is 13.8 Å². The van der Waals surface area contributed by atoms with Crippen LogP contribution >= 0.6 is 11.3 Å². The number of thiophene rings is 1. The van der Waals surface area contributed by atoms with Crippen LogP contribution in [0.15, 0.2) is 12.3 Å². The van der Waals surface area contributed by atoms with Crippen LogP contribution in [0.5, 0.6) is 0 Å². The third-order valence-corrected chi connectivity index (χ3v) is 9.31. The molecule has 1 aliphatic heterocycles. The Kier molecular flexibility index (Phi) is 5.01. The molecule has 6 nitrogen and oxygen atoms in total. The first-order chi connectivity index (χ1) is 16.2. The molecular formula is C27H33N5OS. The molecule has 178 valence electrons. The van der Waals surface area contributed by atoms with Gasteiger partial charge in [-0.3, -0.25) is 9.69 Å². The number of fused-ring (bicyclic) bond motifs is 4. The van der Waals surface area contributed by atoms with Crippen molar-refractivity contribution in [3.8, 4) is 11.3 Å². The molecule has 1 unspecified atom stereocenters. The summed E-state index contributed by atoms with van der Waals surface area (Å²) in [4.78, 5) is 25.3. The fourth-order valence-electron chi connectivity index (χ4n) is 6.65. The Labute approximate surface area is 204 Å². The lowest BCUT2D eigenvalue weighted by atomic mass is 9.89. The lowest BCUT2D eigenvalue weighted by Gasteiger charge is -2.30. The zero-order valence-corrected chi connectivity index (χ0v) is 21.7. The SMILES string of the molecule is CC(=O)CN1C[C@@H]2CC1C[C@H]2c1sc2[nH]c(-c3cc(C)c4nc(C)nn4c3)c(C(C)C)c2c1C. The van der Waals surface area contributed by atoms with Gasteiger partial charge in [-0.25, -0.2) is 9.50 Å². The number of aromatic amines is 1. The Bertz CT molecular complexity index is 1440. The predicted molar refractivity (Wildman–Crippen MR) is 138 cm³/mol. The monoisotopic (exact) mass is 475 g/mol. The van der Waals surface area contributed by atoms with Gasteiger partial charge in [0.2, 0.25) is 0 Å². The first-order valence-corrected chi connectivity index (χ1v) is 13.2. The minimum atomic E-state index is 0.285. The average molecular weight is 476 g/mol. The lowest BCUT2D eigenvalue weighted by Crippen LogP contribution is -2.37. The fourth-order valence-corrected chi connectivity index (χ4v) is 8.08. The second kappa shape index (κ2) is 7.75. The van der Waals surface area contributed by atoms with Crippen LogP contribution < -0.4 is 0 Å². The summed E-state index contributed by atoms with van der Waals surface area (Å²) in [6.07, 6.45) is 4.54. The number of carbonyl (C=O) groups is 1. The smallest absolute Gasteiger partial charge is 0.158 e. The Morgan fingerprint density at radius 3 is 2.74 bits per heavy atom. The number of aromatic nitrogens is 4. The van der Waals surface area contributed by atoms with E-state index < -0.39 is 0 Å². The molecule has 0 aromatic carbocycles. The fraction of sp³-hybridized carbons (Fsp3) is 0.519. The van der Waals surface area contributed by atoms with Gasteiger partial charge in [-0.2, -0.15) is 5.10 Å². The van der Waals surface area contributed by atoms with E-state index in [1.54, 1.807) is 11.8 Å². The molecule has 1 N–H and O–H groups in total. The van der Waals surface area contributed by atoms with Crippen LogP contribution in [0.1, 0.15) is 72.8 Å². The van der Waals surface area contributed by atoms with E-state index >= 15 is 0 Å². The van der Waals surface area contributed by atoms with Gasteiger partial charge in [-0.15, -0.1) is 11.3 Å². The number of rotatable bonds is 5. The number of H-pyrrole nitrogens is 1. The second-order valence-corrected chi connectivity index (χ2v) is 11.9. The first kappa shape index (κ1) is 22.0. The van der Waals surface area contributed by atoms with E-state index in [2.05, 4.69) is 59.9 Å². The molecule has 4 aromatic heterocycles.